The van der Waals surface area contributed by atoms with Crippen LogP contribution in [0.5, 0.6) is 0 Å². The highest BCUT2D eigenvalue weighted by atomic mass is 16.5. The van der Waals surface area contributed by atoms with Crippen molar-refractivity contribution in [3.8, 4) is 11.4 Å². The highest BCUT2D eigenvalue weighted by Crippen LogP contribution is 2.35. The minimum Gasteiger partial charge on any atom is -0.392 e. The highest BCUT2D eigenvalue weighted by molar-refractivity contribution is 5.54. The van der Waals surface area contributed by atoms with E-state index in [-0.39, 0.29) is 6.61 Å². The van der Waals surface area contributed by atoms with Gasteiger partial charge in [0.2, 0.25) is 11.7 Å². The van der Waals surface area contributed by atoms with Crippen molar-refractivity contribution < 1.29 is 9.63 Å². The van der Waals surface area contributed by atoms with Crippen molar-refractivity contribution in [1.29, 1.82) is 0 Å². The molecule has 17 heavy (non-hydrogen) atoms. The second kappa shape index (κ2) is 4.30. The molecule has 1 aromatic heterocycles. The van der Waals surface area contributed by atoms with Crippen LogP contribution in [0.3, 0.4) is 0 Å². The molecule has 1 heterocycles. The summed E-state index contributed by atoms with van der Waals surface area (Å²) in [6.07, 6.45) is 3.57. The largest absolute Gasteiger partial charge is 0.392 e. The van der Waals surface area contributed by atoms with Crippen LogP contribution in [0.2, 0.25) is 0 Å². The number of aliphatic hydroxyl groups is 1. The van der Waals surface area contributed by atoms with E-state index in [9.17, 15) is 0 Å². The van der Waals surface area contributed by atoms with Crippen molar-refractivity contribution in [3.05, 3.63) is 35.7 Å². The van der Waals surface area contributed by atoms with Gasteiger partial charge in [-0.15, -0.1) is 0 Å². The number of rotatable bonds is 3. The molecule has 4 nitrogen and oxygen atoms in total. The smallest absolute Gasteiger partial charge is 0.230 e. The summed E-state index contributed by atoms with van der Waals surface area (Å²) in [5.41, 5.74) is 1.81. The van der Waals surface area contributed by atoms with E-state index in [1.54, 1.807) is 0 Å². The Morgan fingerprint density at radius 3 is 2.59 bits per heavy atom. The lowest BCUT2D eigenvalue weighted by Gasteiger charge is -2.20. The van der Waals surface area contributed by atoms with Gasteiger partial charge in [-0.25, -0.2) is 0 Å². The Bertz CT molecular complexity index is 500. The minimum absolute atomic E-state index is 0.0554. The zero-order valence-corrected chi connectivity index (χ0v) is 9.47. The lowest BCUT2D eigenvalue weighted by molar-refractivity contribution is 0.282. The van der Waals surface area contributed by atoms with Gasteiger partial charge in [0.25, 0.3) is 0 Å². The van der Waals surface area contributed by atoms with Crippen LogP contribution in [0.25, 0.3) is 11.4 Å². The third-order valence-corrected chi connectivity index (χ3v) is 3.29. The first-order valence-electron chi connectivity index (χ1n) is 5.90. The fourth-order valence-electron chi connectivity index (χ4n) is 1.93. The monoisotopic (exact) mass is 230 g/mol. The minimum atomic E-state index is 0.0554. The molecule has 1 aromatic carbocycles. The number of aromatic nitrogens is 2. The van der Waals surface area contributed by atoms with Crippen molar-refractivity contribution in [2.75, 3.05) is 0 Å². The maximum absolute atomic E-state index is 8.97. The van der Waals surface area contributed by atoms with Crippen molar-refractivity contribution in [2.45, 2.75) is 31.8 Å². The molecule has 0 saturated heterocycles. The molecule has 4 heteroatoms. The van der Waals surface area contributed by atoms with E-state index >= 15 is 0 Å². The molecule has 0 spiro atoms. The van der Waals surface area contributed by atoms with Gasteiger partial charge in [0, 0.05) is 11.5 Å². The number of nitrogens with zero attached hydrogens (tertiary/aromatic N) is 2. The third kappa shape index (κ3) is 1.96. The van der Waals surface area contributed by atoms with Crippen LogP contribution in [0.4, 0.5) is 0 Å². The average Bonchev–Trinajstić information content (AvgIpc) is 2.76. The molecular weight excluding hydrogens is 216 g/mol. The van der Waals surface area contributed by atoms with E-state index in [1.807, 2.05) is 24.3 Å². The van der Waals surface area contributed by atoms with Gasteiger partial charge < -0.3 is 9.63 Å². The standard InChI is InChI=1S/C13H14N2O2/c16-8-9-4-6-10(7-5-9)12-14-13(17-15-12)11-2-1-3-11/h4-7,11,16H,1-3,8H2. The Morgan fingerprint density at radius 1 is 1.24 bits per heavy atom. The third-order valence-electron chi connectivity index (χ3n) is 3.29. The number of aliphatic hydroxyl groups excluding tert-OH is 1. The van der Waals surface area contributed by atoms with E-state index in [0.717, 1.165) is 29.9 Å². The van der Waals surface area contributed by atoms with E-state index in [2.05, 4.69) is 10.1 Å². The van der Waals surface area contributed by atoms with Crippen molar-refractivity contribution in [2.24, 2.45) is 0 Å². The molecular formula is C13H14N2O2. The van der Waals surface area contributed by atoms with Gasteiger partial charge >= 0.3 is 0 Å². The molecule has 1 saturated carbocycles. The topological polar surface area (TPSA) is 59.2 Å². The van der Waals surface area contributed by atoms with E-state index < -0.39 is 0 Å². The summed E-state index contributed by atoms with van der Waals surface area (Å²) < 4.78 is 5.27. The first kappa shape index (κ1) is 10.5. The number of hydrogen-bond acceptors (Lipinski definition) is 4. The number of hydrogen-bond donors (Lipinski definition) is 1. The molecule has 1 fully saturated rings. The quantitative estimate of drug-likeness (QED) is 0.880. The molecule has 0 unspecified atom stereocenters. The molecule has 3 rings (SSSR count). The fraction of sp³-hybridized carbons (Fsp3) is 0.385. The fourth-order valence-corrected chi connectivity index (χ4v) is 1.93. The summed E-state index contributed by atoms with van der Waals surface area (Å²) in [4.78, 5) is 4.42. The maximum Gasteiger partial charge on any atom is 0.230 e. The van der Waals surface area contributed by atoms with Crippen LogP contribution in [-0.4, -0.2) is 15.2 Å². The Morgan fingerprint density at radius 2 is 2.00 bits per heavy atom. The summed E-state index contributed by atoms with van der Waals surface area (Å²) in [5, 5.41) is 13.0. The van der Waals surface area contributed by atoms with Crippen molar-refractivity contribution in [3.63, 3.8) is 0 Å². The average molecular weight is 230 g/mol. The van der Waals surface area contributed by atoms with Gasteiger partial charge in [0.15, 0.2) is 0 Å². The predicted octanol–water partition coefficient (Wildman–Crippen LogP) is 2.50. The molecule has 0 aliphatic heterocycles. The summed E-state index contributed by atoms with van der Waals surface area (Å²) in [6, 6.07) is 7.55. The van der Waals surface area contributed by atoms with Crippen molar-refractivity contribution >= 4 is 0 Å². The van der Waals surface area contributed by atoms with E-state index in [0.29, 0.717) is 11.7 Å². The van der Waals surface area contributed by atoms with Crippen molar-refractivity contribution in [1.82, 2.24) is 10.1 Å². The Balaban J connectivity index is 1.84. The zero-order valence-electron chi connectivity index (χ0n) is 9.47. The van der Waals surface area contributed by atoms with Gasteiger partial charge in [-0.05, 0) is 18.4 Å². The molecule has 1 aliphatic rings. The Hall–Kier alpha value is -1.68. The first-order valence-corrected chi connectivity index (χ1v) is 5.90. The Kier molecular flexibility index (Phi) is 2.65. The first-order chi connectivity index (χ1) is 8.36. The molecule has 1 N–H and O–H groups in total. The summed E-state index contributed by atoms with van der Waals surface area (Å²) >= 11 is 0. The molecule has 0 radical (unpaired) electrons. The van der Waals surface area contributed by atoms with Gasteiger partial charge in [0.1, 0.15) is 0 Å². The van der Waals surface area contributed by atoms with Gasteiger partial charge in [-0.3, -0.25) is 0 Å². The SMILES string of the molecule is OCc1ccc(-c2noc(C3CCC3)n2)cc1. The molecule has 1 aliphatic carbocycles. The second-order valence-electron chi connectivity index (χ2n) is 4.44. The molecule has 0 bridgehead atoms. The lowest BCUT2D eigenvalue weighted by atomic mass is 9.85. The van der Waals surface area contributed by atoms with Crippen LogP contribution in [0, 0.1) is 0 Å². The van der Waals surface area contributed by atoms with Crippen LogP contribution in [-0.2, 0) is 6.61 Å². The zero-order chi connectivity index (χ0) is 11.7. The molecule has 0 amide bonds. The Labute approximate surface area is 99.3 Å². The normalized spacial score (nSPS) is 15.8. The van der Waals surface area contributed by atoms with Crippen LogP contribution >= 0.6 is 0 Å². The lowest BCUT2D eigenvalue weighted by Crippen LogP contribution is -2.08. The van der Waals surface area contributed by atoms with E-state index in [4.69, 9.17) is 9.63 Å². The van der Waals surface area contributed by atoms with Crippen LogP contribution in [0.1, 0.15) is 36.6 Å². The summed E-state index contributed by atoms with van der Waals surface area (Å²) in [5.74, 6) is 1.86. The van der Waals surface area contributed by atoms with Gasteiger partial charge in [-0.1, -0.05) is 35.8 Å². The summed E-state index contributed by atoms with van der Waals surface area (Å²) in [6.45, 7) is 0.0554. The molecule has 2 aromatic rings. The highest BCUT2D eigenvalue weighted by Gasteiger charge is 2.25. The predicted molar refractivity (Wildman–Crippen MR) is 62.2 cm³/mol. The molecule has 0 atom stereocenters. The van der Waals surface area contributed by atoms with Crippen LogP contribution in [0.15, 0.2) is 28.8 Å². The number of benzene rings is 1. The van der Waals surface area contributed by atoms with Crippen LogP contribution < -0.4 is 0 Å². The van der Waals surface area contributed by atoms with Gasteiger partial charge in [-0.2, -0.15) is 4.98 Å². The van der Waals surface area contributed by atoms with Gasteiger partial charge in [0.05, 0.1) is 6.61 Å². The summed E-state index contributed by atoms with van der Waals surface area (Å²) in [7, 11) is 0. The van der Waals surface area contributed by atoms with E-state index in [1.165, 1.54) is 6.42 Å². The molecule has 88 valence electrons. The second-order valence-corrected chi connectivity index (χ2v) is 4.44. The maximum atomic E-state index is 8.97.